The van der Waals surface area contributed by atoms with Gasteiger partial charge in [-0.2, -0.15) is 20.5 Å². The molecule has 0 amide bonds. The van der Waals surface area contributed by atoms with Crippen LogP contribution < -0.4 is 5.46 Å². The van der Waals surface area contributed by atoms with Crippen LogP contribution in [0, 0.1) is 22.7 Å². The van der Waals surface area contributed by atoms with Gasteiger partial charge in [0.1, 0.15) is 0 Å². The number of hydrogen-bond acceptors (Lipinski definition) is 10. The molecule has 0 aliphatic heterocycles. The molecule has 8 aromatic rings. The molecule has 0 aliphatic rings. The van der Waals surface area contributed by atoms with Crippen LogP contribution in [0.25, 0.3) is 56.9 Å². The Bertz CT molecular complexity index is 2710. The molecule has 0 fully saturated rings. The number of hydrogen-bond donors (Lipinski definition) is 2. The summed E-state index contributed by atoms with van der Waals surface area (Å²) in [5.74, 6) is 2.68. The predicted molar refractivity (Wildman–Crippen MR) is 228 cm³/mol. The quantitative estimate of drug-likeness (QED) is 0.155. The molecule has 0 spiro atoms. The summed E-state index contributed by atoms with van der Waals surface area (Å²) in [7, 11) is -1.43. The SMILES string of the molecule is N#Cc1ccc(-c2nc(-c3ccccc3)nc(-c3cccc(Cl)c3)n2)cc1.N#Cc1ccc(-c2nc(Cl)nc(-c3ccccc3)n2)cc1.OB(O)c1cccc(Cl)c1. The maximum absolute atomic E-state index is 9.01. The van der Waals surface area contributed by atoms with Gasteiger partial charge in [-0.05, 0) is 89.9 Å². The van der Waals surface area contributed by atoms with Crippen LogP contribution in [0.3, 0.4) is 0 Å². The standard InChI is InChI=1S/C22H13ClN4.C16H9ClN4.C6H6BClO2/c23-19-8-4-7-18(13-19)22-26-20(16-5-2-1-3-6-16)25-21(27-22)17-11-9-15(14-24)10-12-17;17-16-20-14(12-4-2-1-3-5-12)19-15(21-16)13-8-6-11(10-18)7-9-13;8-6-3-1-2-5(4-6)7(9)10/h1-13H;1-9H;1-4,9-10H. The lowest BCUT2D eigenvalue weighted by Gasteiger charge is -2.08. The van der Waals surface area contributed by atoms with Gasteiger partial charge in [-0.3, -0.25) is 0 Å². The van der Waals surface area contributed by atoms with E-state index in [4.69, 9.17) is 55.4 Å². The Labute approximate surface area is 349 Å². The van der Waals surface area contributed by atoms with Crippen molar-refractivity contribution >= 4 is 47.4 Å². The van der Waals surface area contributed by atoms with Gasteiger partial charge < -0.3 is 10.0 Å². The fourth-order valence-corrected chi connectivity index (χ4v) is 5.78. The zero-order chi connectivity index (χ0) is 40.9. The molecular weight excluding hydrogens is 790 g/mol. The zero-order valence-corrected chi connectivity index (χ0v) is 32.5. The summed E-state index contributed by atoms with van der Waals surface area (Å²) >= 11 is 17.7. The number of benzene rings is 6. The van der Waals surface area contributed by atoms with Gasteiger partial charge in [0, 0.05) is 37.9 Å². The minimum absolute atomic E-state index is 0.142. The molecule has 0 aliphatic carbocycles. The summed E-state index contributed by atoms with van der Waals surface area (Å²) in [6, 6.07) is 51.6. The van der Waals surface area contributed by atoms with Crippen molar-refractivity contribution in [1.29, 1.82) is 10.5 Å². The second-order valence-corrected chi connectivity index (χ2v) is 13.3. The Kier molecular flexibility index (Phi) is 14.0. The van der Waals surface area contributed by atoms with Crippen LogP contribution >= 0.6 is 34.8 Å². The molecular formula is C44H28BCl3N8O2. The second-order valence-electron chi connectivity index (χ2n) is 12.1. The topological polar surface area (TPSA) is 165 Å². The molecule has 0 bridgehead atoms. The molecule has 2 N–H and O–H groups in total. The molecule has 280 valence electrons. The van der Waals surface area contributed by atoms with E-state index in [2.05, 4.69) is 42.0 Å². The van der Waals surface area contributed by atoms with Crippen LogP contribution in [0.4, 0.5) is 0 Å². The van der Waals surface area contributed by atoms with E-state index >= 15 is 0 Å². The van der Waals surface area contributed by atoms with Gasteiger partial charge in [0.15, 0.2) is 29.1 Å². The number of halogens is 3. The molecule has 0 unspecified atom stereocenters. The third kappa shape index (κ3) is 11.1. The molecule has 2 heterocycles. The van der Waals surface area contributed by atoms with Gasteiger partial charge in [-0.15, -0.1) is 0 Å². The van der Waals surface area contributed by atoms with Crippen molar-refractivity contribution in [2.75, 3.05) is 0 Å². The number of rotatable bonds is 6. The summed E-state index contributed by atoms with van der Waals surface area (Å²) in [5, 5.41) is 36.4. The molecule has 6 aromatic carbocycles. The van der Waals surface area contributed by atoms with Crippen molar-refractivity contribution in [2.24, 2.45) is 0 Å². The second kappa shape index (κ2) is 19.9. The summed E-state index contributed by atoms with van der Waals surface area (Å²) in [6.45, 7) is 0. The summed E-state index contributed by atoms with van der Waals surface area (Å²) in [4.78, 5) is 26.7. The fraction of sp³-hybridized carbons (Fsp3) is 0. The molecule has 14 heteroatoms. The highest BCUT2D eigenvalue weighted by atomic mass is 35.5. The van der Waals surface area contributed by atoms with Gasteiger partial charge in [0.05, 0.1) is 23.3 Å². The summed E-state index contributed by atoms with van der Waals surface area (Å²) < 4.78 is 0. The first-order chi connectivity index (χ1) is 28.2. The Morgan fingerprint density at radius 2 is 0.759 bits per heavy atom. The average Bonchev–Trinajstić information content (AvgIpc) is 3.27. The van der Waals surface area contributed by atoms with E-state index in [1.807, 2.05) is 97.1 Å². The molecule has 8 rings (SSSR count). The molecule has 0 saturated carbocycles. The molecule has 0 atom stereocenters. The Hall–Kier alpha value is -6.83. The van der Waals surface area contributed by atoms with E-state index in [9.17, 15) is 0 Å². The van der Waals surface area contributed by atoms with Crippen LogP contribution in [0.2, 0.25) is 15.3 Å². The van der Waals surface area contributed by atoms with E-state index in [1.165, 1.54) is 6.07 Å². The lowest BCUT2D eigenvalue weighted by atomic mass is 9.81. The highest BCUT2D eigenvalue weighted by molar-refractivity contribution is 6.59. The van der Waals surface area contributed by atoms with E-state index in [0.29, 0.717) is 55.8 Å². The predicted octanol–water partition coefficient (Wildman–Crippen LogP) is 9.15. The normalized spacial score (nSPS) is 10.1. The smallest absolute Gasteiger partial charge is 0.423 e. The van der Waals surface area contributed by atoms with Crippen molar-refractivity contribution in [2.45, 2.75) is 0 Å². The van der Waals surface area contributed by atoms with Gasteiger partial charge in [0.25, 0.3) is 0 Å². The van der Waals surface area contributed by atoms with Crippen LogP contribution in [0.5, 0.6) is 0 Å². The first kappa shape index (κ1) is 40.8. The van der Waals surface area contributed by atoms with Gasteiger partial charge in [-0.1, -0.05) is 108 Å². The third-order valence-corrected chi connectivity index (χ3v) is 8.72. The van der Waals surface area contributed by atoms with Crippen molar-refractivity contribution in [3.8, 4) is 69.1 Å². The van der Waals surface area contributed by atoms with Crippen LogP contribution in [0.15, 0.2) is 158 Å². The number of nitriles is 2. The zero-order valence-electron chi connectivity index (χ0n) is 30.2. The van der Waals surface area contributed by atoms with Crippen molar-refractivity contribution < 1.29 is 10.0 Å². The van der Waals surface area contributed by atoms with Crippen LogP contribution in [-0.2, 0) is 0 Å². The largest absolute Gasteiger partial charge is 0.488 e. The number of aromatic nitrogens is 6. The highest BCUT2D eigenvalue weighted by Gasteiger charge is 2.13. The van der Waals surface area contributed by atoms with Crippen molar-refractivity contribution in [3.05, 3.63) is 184 Å². The monoisotopic (exact) mass is 816 g/mol. The summed E-state index contributed by atoms with van der Waals surface area (Å²) in [6.07, 6.45) is 0. The minimum Gasteiger partial charge on any atom is -0.423 e. The van der Waals surface area contributed by atoms with Crippen LogP contribution in [0.1, 0.15) is 11.1 Å². The Morgan fingerprint density at radius 3 is 1.14 bits per heavy atom. The molecule has 2 aromatic heterocycles. The van der Waals surface area contributed by atoms with E-state index in [0.717, 1.165) is 27.8 Å². The maximum atomic E-state index is 9.01. The molecule has 0 radical (unpaired) electrons. The maximum Gasteiger partial charge on any atom is 0.488 e. The van der Waals surface area contributed by atoms with E-state index < -0.39 is 7.12 Å². The molecule has 0 saturated heterocycles. The third-order valence-electron chi connectivity index (χ3n) is 8.08. The average molecular weight is 818 g/mol. The minimum atomic E-state index is -1.43. The van der Waals surface area contributed by atoms with Gasteiger partial charge in [0.2, 0.25) is 5.28 Å². The lowest BCUT2D eigenvalue weighted by molar-refractivity contribution is 0.426. The Balaban J connectivity index is 0.000000162. The van der Waals surface area contributed by atoms with Gasteiger partial charge in [-0.25, -0.2) is 19.9 Å². The van der Waals surface area contributed by atoms with Crippen molar-refractivity contribution in [1.82, 2.24) is 29.9 Å². The van der Waals surface area contributed by atoms with Gasteiger partial charge >= 0.3 is 7.12 Å². The van der Waals surface area contributed by atoms with E-state index in [-0.39, 0.29) is 5.28 Å². The first-order valence-corrected chi connectivity index (χ1v) is 18.5. The Morgan fingerprint density at radius 1 is 0.397 bits per heavy atom. The van der Waals surface area contributed by atoms with Crippen molar-refractivity contribution in [3.63, 3.8) is 0 Å². The number of nitrogens with zero attached hydrogens (tertiary/aromatic N) is 8. The first-order valence-electron chi connectivity index (χ1n) is 17.4. The fourth-order valence-electron chi connectivity index (χ4n) is 5.23. The van der Waals surface area contributed by atoms with E-state index in [1.54, 1.807) is 54.6 Å². The molecule has 58 heavy (non-hydrogen) atoms. The molecule has 10 nitrogen and oxygen atoms in total. The lowest BCUT2D eigenvalue weighted by Crippen LogP contribution is -2.29. The highest BCUT2D eigenvalue weighted by Crippen LogP contribution is 2.26. The summed E-state index contributed by atoms with van der Waals surface area (Å²) in [5.41, 5.74) is 5.78. The van der Waals surface area contributed by atoms with Crippen LogP contribution in [-0.4, -0.2) is 47.1 Å².